The summed E-state index contributed by atoms with van der Waals surface area (Å²) in [4.78, 5) is 0. The Morgan fingerprint density at radius 2 is 1.71 bits per heavy atom. The van der Waals surface area contributed by atoms with E-state index in [0.717, 1.165) is 60.7 Å². The first-order valence-corrected chi connectivity index (χ1v) is 17.1. The molecule has 4 N–H and O–H groups in total. The van der Waals surface area contributed by atoms with Crippen LogP contribution in [-0.4, -0.2) is 63.8 Å². The fourth-order valence-corrected chi connectivity index (χ4v) is 10.8. The molecule has 5 aliphatic rings. The predicted octanol–water partition coefficient (Wildman–Crippen LogP) is 5.85. The number of ether oxygens (including phenoxy) is 2. The van der Waals surface area contributed by atoms with Gasteiger partial charge in [-0.05, 0) is 110 Å². The van der Waals surface area contributed by atoms with E-state index in [9.17, 15) is 20.4 Å². The summed E-state index contributed by atoms with van der Waals surface area (Å²) in [5.41, 5.74) is 2.19. The number of aliphatic hydroxyl groups is 4. The van der Waals surface area contributed by atoms with Crippen molar-refractivity contribution in [3.8, 4) is 0 Å². The van der Waals surface area contributed by atoms with Gasteiger partial charge in [-0.3, -0.25) is 0 Å². The molecular formula is C35H60O6. The second kappa shape index (κ2) is 12.5. The maximum absolute atomic E-state index is 10.5. The summed E-state index contributed by atoms with van der Waals surface area (Å²) in [6.07, 6.45) is 9.92. The standard InChI is InChI=1S/C35H60O6/c1-7-22(20(2)3)9-8-21(4)26-12-13-27-25-11-10-23-18-24(14-16-34(23,5)28(25)15-17-35(26,27)6)40-33-32(39)31(38)30(37)29(19-36)41-33/h10,20-22,24-33,36-39H,7-9,11-19H2,1-6H3/t21-,22-,24+,25+,26-,27+,28+,29-,30-,31+,32-,33-,34-,35+/m1/s1. The van der Waals surface area contributed by atoms with E-state index in [4.69, 9.17) is 9.47 Å². The molecule has 0 unspecified atom stereocenters. The second-order valence-corrected chi connectivity index (χ2v) is 15.7. The Morgan fingerprint density at radius 3 is 2.39 bits per heavy atom. The highest BCUT2D eigenvalue weighted by atomic mass is 16.7. The van der Waals surface area contributed by atoms with Crippen molar-refractivity contribution in [2.24, 2.45) is 52.3 Å². The lowest BCUT2D eigenvalue weighted by Crippen LogP contribution is -2.60. The molecule has 236 valence electrons. The van der Waals surface area contributed by atoms with Crippen molar-refractivity contribution >= 4 is 0 Å². The quantitative estimate of drug-likeness (QED) is 0.257. The zero-order valence-corrected chi connectivity index (χ0v) is 26.7. The lowest BCUT2D eigenvalue weighted by molar-refractivity contribution is -0.313. The molecule has 1 aliphatic heterocycles. The molecule has 0 bridgehead atoms. The Morgan fingerprint density at radius 1 is 0.951 bits per heavy atom. The largest absolute Gasteiger partial charge is 0.394 e. The van der Waals surface area contributed by atoms with Gasteiger partial charge in [-0.2, -0.15) is 0 Å². The molecule has 4 fully saturated rings. The minimum Gasteiger partial charge on any atom is -0.394 e. The first-order valence-electron chi connectivity index (χ1n) is 17.1. The van der Waals surface area contributed by atoms with Gasteiger partial charge in [-0.25, -0.2) is 0 Å². The summed E-state index contributed by atoms with van der Waals surface area (Å²) >= 11 is 0. The van der Waals surface area contributed by atoms with Crippen LogP contribution in [0.15, 0.2) is 11.6 Å². The monoisotopic (exact) mass is 576 g/mol. The van der Waals surface area contributed by atoms with Crippen LogP contribution < -0.4 is 0 Å². The predicted molar refractivity (Wildman–Crippen MR) is 161 cm³/mol. The Balaban J connectivity index is 1.24. The number of hydrogen-bond acceptors (Lipinski definition) is 6. The highest BCUT2D eigenvalue weighted by Crippen LogP contribution is 2.67. The normalized spacial score (nSPS) is 47.7. The lowest BCUT2D eigenvalue weighted by atomic mass is 9.47. The van der Waals surface area contributed by atoms with E-state index in [0.29, 0.717) is 5.41 Å². The van der Waals surface area contributed by atoms with E-state index < -0.39 is 37.3 Å². The summed E-state index contributed by atoms with van der Waals surface area (Å²) in [7, 11) is 0. The van der Waals surface area contributed by atoms with Crippen LogP contribution in [0.3, 0.4) is 0 Å². The van der Waals surface area contributed by atoms with Crippen LogP contribution in [0.5, 0.6) is 0 Å². The maximum Gasteiger partial charge on any atom is 0.186 e. The van der Waals surface area contributed by atoms with E-state index in [-0.39, 0.29) is 11.5 Å². The number of aliphatic hydroxyl groups excluding tert-OH is 4. The van der Waals surface area contributed by atoms with Crippen LogP contribution >= 0.6 is 0 Å². The number of hydrogen-bond donors (Lipinski definition) is 4. The van der Waals surface area contributed by atoms with E-state index in [2.05, 4.69) is 47.6 Å². The zero-order valence-electron chi connectivity index (χ0n) is 26.7. The summed E-state index contributed by atoms with van der Waals surface area (Å²) in [6, 6.07) is 0. The fourth-order valence-electron chi connectivity index (χ4n) is 10.8. The molecule has 41 heavy (non-hydrogen) atoms. The summed E-state index contributed by atoms with van der Waals surface area (Å²) in [5, 5.41) is 40.4. The molecule has 1 heterocycles. The van der Waals surface area contributed by atoms with Crippen LogP contribution in [0, 0.1) is 52.3 Å². The van der Waals surface area contributed by atoms with E-state index in [1.165, 1.54) is 56.9 Å². The molecule has 6 heteroatoms. The van der Waals surface area contributed by atoms with Crippen molar-refractivity contribution in [1.29, 1.82) is 0 Å². The topological polar surface area (TPSA) is 99.4 Å². The van der Waals surface area contributed by atoms with Gasteiger partial charge in [0.2, 0.25) is 0 Å². The molecule has 3 saturated carbocycles. The van der Waals surface area contributed by atoms with Gasteiger partial charge in [-0.15, -0.1) is 0 Å². The summed E-state index contributed by atoms with van der Waals surface area (Å²) in [6.45, 7) is 14.5. The highest BCUT2D eigenvalue weighted by molar-refractivity contribution is 5.25. The molecule has 14 atom stereocenters. The SMILES string of the molecule is CC[C@H](CC[C@@H](C)[C@H]1CC[C@H]2[C@@H]3CC=C4C[C@@H](O[C@@H]5O[C@H](CO)[C@@H](O)[C@H](O)[C@H]5O)CC[C@@]4(C)[C@H]3CC[C@@]12C)C(C)C. The Bertz CT molecular complexity index is 918. The van der Waals surface area contributed by atoms with Gasteiger partial charge >= 0.3 is 0 Å². The molecule has 0 spiro atoms. The van der Waals surface area contributed by atoms with Crippen molar-refractivity contribution in [3.05, 3.63) is 11.6 Å². The Kier molecular flexibility index (Phi) is 9.71. The van der Waals surface area contributed by atoms with E-state index in [1.54, 1.807) is 0 Å². The molecule has 1 saturated heterocycles. The van der Waals surface area contributed by atoms with Crippen LogP contribution in [-0.2, 0) is 9.47 Å². The highest BCUT2D eigenvalue weighted by Gasteiger charge is 2.59. The van der Waals surface area contributed by atoms with Gasteiger partial charge < -0.3 is 29.9 Å². The third-order valence-corrected chi connectivity index (χ3v) is 13.5. The van der Waals surface area contributed by atoms with E-state index in [1.807, 2.05) is 0 Å². The molecule has 0 aromatic heterocycles. The zero-order chi connectivity index (χ0) is 29.7. The van der Waals surface area contributed by atoms with Crippen LogP contribution in [0.2, 0.25) is 0 Å². The molecule has 0 radical (unpaired) electrons. The minimum atomic E-state index is -1.40. The maximum atomic E-state index is 10.5. The van der Waals surface area contributed by atoms with Crippen LogP contribution in [0.25, 0.3) is 0 Å². The van der Waals surface area contributed by atoms with Gasteiger partial charge in [0.05, 0.1) is 12.7 Å². The second-order valence-electron chi connectivity index (χ2n) is 15.7. The molecule has 4 aliphatic carbocycles. The molecule has 5 rings (SSSR count). The van der Waals surface area contributed by atoms with Crippen LogP contribution in [0.4, 0.5) is 0 Å². The summed E-state index contributed by atoms with van der Waals surface area (Å²) in [5.74, 6) is 5.66. The molecule has 6 nitrogen and oxygen atoms in total. The molecule has 0 aromatic carbocycles. The molecule has 0 aromatic rings. The first-order chi connectivity index (χ1) is 19.4. The first kappa shape index (κ1) is 31.9. The minimum absolute atomic E-state index is 0.101. The van der Waals surface area contributed by atoms with Gasteiger partial charge in [0.1, 0.15) is 24.4 Å². The average Bonchev–Trinajstić information content (AvgIpc) is 3.30. The third-order valence-electron chi connectivity index (χ3n) is 13.5. The Labute approximate surface area is 249 Å². The van der Waals surface area contributed by atoms with Crippen molar-refractivity contribution in [1.82, 2.24) is 0 Å². The Hall–Kier alpha value is -0.500. The number of fused-ring (bicyclic) bond motifs is 5. The van der Waals surface area contributed by atoms with Crippen LogP contribution in [0.1, 0.15) is 112 Å². The van der Waals surface area contributed by atoms with Gasteiger partial charge in [0.15, 0.2) is 6.29 Å². The van der Waals surface area contributed by atoms with E-state index >= 15 is 0 Å². The number of allylic oxidation sites excluding steroid dienone is 1. The summed E-state index contributed by atoms with van der Waals surface area (Å²) < 4.78 is 11.9. The van der Waals surface area contributed by atoms with Gasteiger partial charge in [-0.1, -0.05) is 66.0 Å². The van der Waals surface area contributed by atoms with Crippen molar-refractivity contribution in [2.45, 2.75) is 149 Å². The lowest BCUT2D eigenvalue weighted by Gasteiger charge is -2.58. The van der Waals surface area contributed by atoms with Gasteiger partial charge in [0, 0.05) is 0 Å². The average molecular weight is 577 g/mol. The van der Waals surface area contributed by atoms with Crippen molar-refractivity contribution in [2.75, 3.05) is 6.61 Å². The fraction of sp³-hybridized carbons (Fsp3) is 0.943. The molecular weight excluding hydrogens is 516 g/mol. The third kappa shape index (κ3) is 5.73. The molecule has 0 amide bonds. The van der Waals surface area contributed by atoms with Gasteiger partial charge in [0.25, 0.3) is 0 Å². The number of rotatable bonds is 9. The smallest absolute Gasteiger partial charge is 0.186 e. The van der Waals surface area contributed by atoms with Crippen molar-refractivity contribution in [3.63, 3.8) is 0 Å². The van der Waals surface area contributed by atoms with Crippen molar-refractivity contribution < 1.29 is 29.9 Å².